The summed E-state index contributed by atoms with van der Waals surface area (Å²) in [6.07, 6.45) is 7.51. The average Bonchev–Trinajstić information content (AvgIpc) is 2.07. The SMILES string of the molecule is CC(=O)O.CC1C=CC=CN1CC(=O)O. The molecule has 0 fully saturated rings. The molecule has 0 bridgehead atoms. The van der Waals surface area contributed by atoms with Gasteiger partial charge in [0.05, 0.1) is 0 Å². The summed E-state index contributed by atoms with van der Waals surface area (Å²) in [5.41, 5.74) is 0. The molecule has 0 saturated carbocycles. The third-order valence-corrected chi connectivity index (χ3v) is 1.62. The number of carboxylic acids is 2. The average molecular weight is 213 g/mol. The lowest BCUT2D eigenvalue weighted by Crippen LogP contribution is -2.32. The number of nitrogens with zero attached hydrogens (tertiary/aromatic N) is 1. The van der Waals surface area contributed by atoms with Gasteiger partial charge in [-0.25, -0.2) is 0 Å². The number of allylic oxidation sites excluding steroid dienone is 2. The first kappa shape index (κ1) is 13.2. The largest absolute Gasteiger partial charge is 0.481 e. The molecule has 1 aliphatic heterocycles. The van der Waals surface area contributed by atoms with Gasteiger partial charge in [0.25, 0.3) is 5.97 Å². The van der Waals surface area contributed by atoms with Crippen LogP contribution in [0.25, 0.3) is 0 Å². The van der Waals surface area contributed by atoms with E-state index in [4.69, 9.17) is 15.0 Å². The van der Waals surface area contributed by atoms with Gasteiger partial charge in [-0.15, -0.1) is 0 Å². The molecule has 5 heteroatoms. The molecule has 5 nitrogen and oxygen atoms in total. The minimum absolute atomic E-state index is 0.0714. The zero-order valence-corrected chi connectivity index (χ0v) is 8.75. The summed E-state index contributed by atoms with van der Waals surface area (Å²) in [5.74, 6) is -1.63. The Kier molecular flexibility index (Phi) is 5.85. The molecule has 15 heavy (non-hydrogen) atoms. The minimum Gasteiger partial charge on any atom is -0.481 e. The van der Waals surface area contributed by atoms with E-state index < -0.39 is 11.9 Å². The van der Waals surface area contributed by atoms with Crippen LogP contribution in [0, 0.1) is 0 Å². The van der Waals surface area contributed by atoms with Crippen LogP contribution < -0.4 is 0 Å². The predicted octanol–water partition coefficient (Wildman–Crippen LogP) is 0.936. The Bertz CT molecular complexity index is 279. The fourth-order valence-electron chi connectivity index (χ4n) is 0.984. The van der Waals surface area contributed by atoms with E-state index in [0.29, 0.717) is 0 Å². The van der Waals surface area contributed by atoms with Crippen molar-refractivity contribution >= 4 is 11.9 Å². The van der Waals surface area contributed by atoms with Gasteiger partial charge in [-0.1, -0.05) is 12.2 Å². The van der Waals surface area contributed by atoms with E-state index in [1.807, 2.05) is 25.2 Å². The quantitative estimate of drug-likeness (QED) is 0.713. The van der Waals surface area contributed by atoms with E-state index in [2.05, 4.69) is 0 Å². The Morgan fingerprint density at radius 1 is 1.33 bits per heavy atom. The third kappa shape index (κ3) is 7.30. The summed E-state index contributed by atoms with van der Waals surface area (Å²) < 4.78 is 0. The summed E-state index contributed by atoms with van der Waals surface area (Å²) >= 11 is 0. The third-order valence-electron chi connectivity index (χ3n) is 1.62. The van der Waals surface area contributed by atoms with Crippen molar-refractivity contribution in [3.05, 3.63) is 24.4 Å². The summed E-state index contributed by atoms with van der Waals surface area (Å²) in [7, 11) is 0. The molecule has 1 aliphatic rings. The van der Waals surface area contributed by atoms with Gasteiger partial charge in [-0.05, 0) is 13.0 Å². The predicted molar refractivity (Wildman–Crippen MR) is 55.4 cm³/mol. The molecule has 1 rings (SSSR count). The molecule has 0 spiro atoms. The van der Waals surface area contributed by atoms with Crippen LogP contribution >= 0.6 is 0 Å². The molecule has 1 atom stereocenters. The molecular weight excluding hydrogens is 198 g/mol. The second-order valence-corrected chi connectivity index (χ2v) is 3.05. The highest BCUT2D eigenvalue weighted by Gasteiger charge is 2.11. The molecule has 2 N–H and O–H groups in total. The second kappa shape index (κ2) is 6.64. The lowest BCUT2D eigenvalue weighted by Gasteiger charge is -2.25. The van der Waals surface area contributed by atoms with Crippen molar-refractivity contribution in [3.63, 3.8) is 0 Å². The normalized spacial score (nSPS) is 18.0. The van der Waals surface area contributed by atoms with Gasteiger partial charge in [-0.3, -0.25) is 9.59 Å². The van der Waals surface area contributed by atoms with Gasteiger partial charge < -0.3 is 15.1 Å². The summed E-state index contributed by atoms with van der Waals surface area (Å²) in [6, 6.07) is 0.191. The highest BCUT2D eigenvalue weighted by atomic mass is 16.4. The van der Waals surface area contributed by atoms with Crippen LogP contribution in [-0.2, 0) is 9.59 Å². The Balaban J connectivity index is 0.000000423. The molecule has 0 radical (unpaired) electrons. The van der Waals surface area contributed by atoms with E-state index >= 15 is 0 Å². The maximum atomic E-state index is 10.3. The molecular formula is C10H15NO4. The molecule has 0 aliphatic carbocycles. The lowest BCUT2D eigenvalue weighted by atomic mass is 10.2. The lowest BCUT2D eigenvalue weighted by molar-refractivity contribution is -0.138. The molecule has 0 aromatic heterocycles. The molecule has 84 valence electrons. The smallest absolute Gasteiger partial charge is 0.323 e. The van der Waals surface area contributed by atoms with Crippen LogP contribution in [0.1, 0.15) is 13.8 Å². The van der Waals surface area contributed by atoms with Crippen molar-refractivity contribution in [2.24, 2.45) is 0 Å². The molecule has 0 amide bonds. The van der Waals surface area contributed by atoms with Crippen molar-refractivity contribution in [3.8, 4) is 0 Å². The highest BCUT2D eigenvalue weighted by molar-refractivity contribution is 5.69. The Morgan fingerprint density at radius 2 is 1.87 bits per heavy atom. The van der Waals surface area contributed by atoms with E-state index in [9.17, 15) is 4.79 Å². The van der Waals surface area contributed by atoms with Crippen LogP contribution in [0.15, 0.2) is 24.4 Å². The Labute approximate surface area is 88.3 Å². The second-order valence-electron chi connectivity index (χ2n) is 3.05. The van der Waals surface area contributed by atoms with Crippen molar-refractivity contribution in [1.29, 1.82) is 0 Å². The first-order chi connectivity index (χ1) is 6.93. The van der Waals surface area contributed by atoms with E-state index in [-0.39, 0.29) is 12.6 Å². The van der Waals surface area contributed by atoms with Crippen molar-refractivity contribution in [1.82, 2.24) is 4.90 Å². The number of aliphatic carboxylic acids is 2. The maximum absolute atomic E-state index is 10.3. The standard InChI is InChI=1S/C8H11NO2.C2H4O2/c1-7-4-2-3-5-9(7)6-8(10)11;1-2(3)4/h2-5,7H,6H2,1H3,(H,10,11);1H3,(H,3,4). The van der Waals surface area contributed by atoms with Crippen molar-refractivity contribution in [2.75, 3.05) is 6.54 Å². The monoisotopic (exact) mass is 213 g/mol. The highest BCUT2D eigenvalue weighted by Crippen LogP contribution is 2.06. The van der Waals surface area contributed by atoms with Gasteiger partial charge >= 0.3 is 5.97 Å². The number of rotatable bonds is 2. The minimum atomic E-state index is -0.833. The number of hydrogen-bond donors (Lipinski definition) is 2. The Hall–Kier alpha value is -1.78. The van der Waals surface area contributed by atoms with Crippen LogP contribution in [0.2, 0.25) is 0 Å². The van der Waals surface area contributed by atoms with Crippen LogP contribution in [0.5, 0.6) is 0 Å². The Morgan fingerprint density at radius 3 is 2.27 bits per heavy atom. The maximum Gasteiger partial charge on any atom is 0.323 e. The molecule has 0 aromatic rings. The van der Waals surface area contributed by atoms with Crippen LogP contribution in [-0.4, -0.2) is 39.6 Å². The molecule has 1 heterocycles. The van der Waals surface area contributed by atoms with Gasteiger partial charge in [0.1, 0.15) is 6.54 Å². The number of carbonyl (C=O) groups is 2. The fourth-order valence-corrected chi connectivity index (χ4v) is 0.984. The first-order valence-electron chi connectivity index (χ1n) is 4.45. The van der Waals surface area contributed by atoms with Crippen LogP contribution in [0.4, 0.5) is 0 Å². The van der Waals surface area contributed by atoms with Crippen LogP contribution in [0.3, 0.4) is 0 Å². The van der Waals surface area contributed by atoms with Gasteiger partial charge in [0, 0.05) is 19.2 Å². The summed E-state index contributed by atoms with van der Waals surface area (Å²) in [6.45, 7) is 3.12. The van der Waals surface area contributed by atoms with Crippen molar-refractivity contribution < 1.29 is 19.8 Å². The number of carboxylic acid groups (broad SMARTS) is 2. The van der Waals surface area contributed by atoms with E-state index in [1.165, 1.54) is 0 Å². The van der Waals surface area contributed by atoms with Gasteiger partial charge in [-0.2, -0.15) is 0 Å². The zero-order valence-electron chi connectivity index (χ0n) is 8.75. The molecule has 1 unspecified atom stereocenters. The van der Waals surface area contributed by atoms with Crippen molar-refractivity contribution in [2.45, 2.75) is 19.9 Å². The van der Waals surface area contributed by atoms with E-state index in [1.54, 1.807) is 11.1 Å². The molecule has 0 aromatic carbocycles. The summed E-state index contributed by atoms with van der Waals surface area (Å²) in [5, 5.41) is 15.9. The number of hydrogen-bond acceptors (Lipinski definition) is 3. The van der Waals surface area contributed by atoms with Gasteiger partial charge in [0.15, 0.2) is 0 Å². The van der Waals surface area contributed by atoms with E-state index in [0.717, 1.165) is 6.92 Å². The summed E-state index contributed by atoms with van der Waals surface area (Å²) in [4.78, 5) is 21.1. The first-order valence-corrected chi connectivity index (χ1v) is 4.45. The zero-order chi connectivity index (χ0) is 11.8. The fraction of sp³-hybridized carbons (Fsp3) is 0.400. The molecule has 0 saturated heterocycles. The topological polar surface area (TPSA) is 77.8 Å². The van der Waals surface area contributed by atoms with Gasteiger partial charge in [0.2, 0.25) is 0 Å².